The molecule has 7 nitrogen and oxygen atoms in total. The molecule has 21 heavy (non-hydrogen) atoms. The van der Waals surface area contributed by atoms with E-state index >= 15 is 0 Å². The van der Waals surface area contributed by atoms with Crippen molar-refractivity contribution in [3.63, 3.8) is 0 Å². The fourth-order valence-corrected chi connectivity index (χ4v) is 2.06. The molecule has 1 aromatic heterocycles. The summed E-state index contributed by atoms with van der Waals surface area (Å²) >= 11 is 0. The van der Waals surface area contributed by atoms with Gasteiger partial charge in [-0.3, -0.25) is 14.8 Å². The van der Waals surface area contributed by atoms with Crippen LogP contribution in [0.1, 0.15) is 30.1 Å². The number of amides is 1. The number of fused-ring (bicyclic) bond motifs is 1. The topological polar surface area (TPSA) is 113 Å². The highest BCUT2D eigenvalue weighted by Crippen LogP contribution is 2.14. The number of hydrogen-bond donors (Lipinski definition) is 3. The minimum Gasteiger partial charge on any atom is -0.409 e. The molecule has 1 unspecified atom stereocenters. The van der Waals surface area contributed by atoms with Gasteiger partial charge >= 0.3 is 0 Å². The number of nitrogens with two attached hydrogens (primary N) is 1. The van der Waals surface area contributed by atoms with E-state index in [0.717, 1.165) is 6.42 Å². The van der Waals surface area contributed by atoms with Crippen LogP contribution in [-0.2, 0) is 0 Å². The third-order valence-electron chi connectivity index (χ3n) is 3.10. The van der Waals surface area contributed by atoms with Gasteiger partial charge in [0.05, 0.1) is 17.1 Å². The number of aromatic nitrogens is 2. The van der Waals surface area contributed by atoms with Gasteiger partial charge in [-0.15, -0.1) is 0 Å². The Labute approximate surface area is 121 Å². The zero-order chi connectivity index (χ0) is 15.2. The second-order valence-corrected chi connectivity index (χ2v) is 4.57. The maximum absolute atomic E-state index is 12.4. The molecule has 0 aliphatic heterocycles. The van der Waals surface area contributed by atoms with Gasteiger partial charge in [0.1, 0.15) is 5.52 Å². The SMILES string of the molecule is CCCC(NC(=O)c1cccc2nccnc12)/C(N)=N/O. The summed E-state index contributed by atoms with van der Waals surface area (Å²) in [5.41, 5.74) is 7.17. The molecule has 2 rings (SSSR count). The lowest BCUT2D eigenvalue weighted by atomic mass is 10.1. The van der Waals surface area contributed by atoms with Crippen LogP contribution in [0.3, 0.4) is 0 Å². The maximum Gasteiger partial charge on any atom is 0.254 e. The zero-order valence-corrected chi connectivity index (χ0v) is 11.7. The molecule has 0 radical (unpaired) electrons. The monoisotopic (exact) mass is 287 g/mol. The van der Waals surface area contributed by atoms with Crippen LogP contribution in [0.4, 0.5) is 0 Å². The molecule has 0 bridgehead atoms. The van der Waals surface area contributed by atoms with Crippen LogP contribution in [0.25, 0.3) is 11.0 Å². The molecule has 0 fully saturated rings. The summed E-state index contributed by atoms with van der Waals surface area (Å²) in [6.45, 7) is 1.95. The molecule has 1 atom stereocenters. The summed E-state index contributed by atoms with van der Waals surface area (Å²) in [4.78, 5) is 20.7. The van der Waals surface area contributed by atoms with Crippen molar-refractivity contribution < 1.29 is 10.0 Å². The van der Waals surface area contributed by atoms with Crippen molar-refractivity contribution in [2.24, 2.45) is 10.9 Å². The van der Waals surface area contributed by atoms with E-state index in [1.807, 2.05) is 6.92 Å². The van der Waals surface area contributed by atoms with Gasteiger partial charge in [-0.2, -0.15) is 0 Å². The maximum atomic E-state index is 12.4. The van der Waals surface area contributed by atoms with Crippen molar-refractivity contribution in [1.82, 2.24) is 15.3 Å². The van der Waals surface area contributed by atoms with Gasteiger partial charge in [0.2, 0.25) is 0 Å². The summed E-state index contributed by atoms with van der Waals surface area (Å²) in [5.74, 6) is -0.345. The molecule has 4 N–H and O–H groups in total. The number of oxime groups is 1. The summed E-state index contributed by atoms with van der Waals surface area (Å²) in [6.07, 6.45) is 4.47. The Hall–Kier alpha value is -2.70. The van der Waals surface area contributed by atoms with Gasteiger partial charge in [0.25, 0.3) is 5.91 Å². The highest BCUT2D eigenvalue weighted by atomic mass is 16.4. The Morgan fingerprint density at radius 2 is 2.19 bits per heavy atom. The minimum absolute atomic E-state index is 0.0171. The first-order valence-corrected chi connectivity index (χ1v) is 6.65. The van der Waals surface area contributed by atoms with Gasteiger partial charge in [-0.1, -0.05) is 24.6 Å². The average molecular weight is 287 g/mol. The van der Waals surface area contributed by atoms with Gasteiger partial charge < -0.3 is 16.3 Å². The van der Waals surface area contributed by atoms with Crippen LogP contribution >= 0.6 is 0 Å². The number of hydrogen-bond acceptors (Lipinski definition) is 5. The Bertz CT molecular complexity index is 666. The Morgan fingerprint density at radius 1 is 1.43 bits per heavy atom. The Morgan fingerprint density at radius 3 is 2.90 bits per heavy atom. The van der Waals surface area contributed by atoms with Crippen molar-refractivity contribution in [3.05, 3.63) is 36.2 Å². The van der Waals surface area contributed by atoms with E-state index in [2.05, 4.69) is 20.4 Å². The molecule has 0 aliphatic rings. The van der Waals surface area contributed by atoms with Gasteiger partial charge in [-0.05, 0) is 18.6 Å². The van der Waals surface area contributed by atoms with Gasteiger partial charge in [-0.25, -0.2) is 0 Å². The predicted octanol–water partition coefficient (Wildman–Crippen LogP) is 1.27. The van der Waals surface area contributed by atoms with E-state index < -0.39 is 6.04 Å². The fraction of sp³-hybridized carbons (Fsp3) is 0.286. The standard InChI is InChI=1S/C14H17N5O2/c1-2-4-11(13(15)19-21)18-14(20)9-5-3-6-10-12(9)17-8-7-16-10/h3,5-8,11,21H,2,4H2,1H3,(H2,15,19)(H,18,20). The summed E-state index contributed by atoms with van der Waals surface area (Å²) < 4.78 is 0. The van der Waals surface area contributed by atoms with Crippen LogP contribution in [-0.4, -0.2) is 33.0 Å². The van der Waals surface area contributed by atoms with E-state index in [9.17, 15) is 4.79 Å². The lowest BCUT2D eigenvalue weighted by Gasteiger charge is -2.16. The van der Waals surface area contributed by atoms with Crippen LogP contribution < -0.4 is 11.1 Å². The molecule has 2 aromatic rings. The highest BCUT2D eigenvalue weighted by Gasteiger charge is 2.19. The second kappa shape index (κ2) is 6.65. The van der Waals surface area contributed by atoms with Crippen molar-refractivity contribution >= 4 is 22.8 Å². The van der Waals surface area contributed by atoms with Gasteiger partial charge in [0, 0.05) is 12.4 Å². The molecule has 0 aliphatic carbocycles. The molecule has 0 spiro atoms. The molecule has 1 heterocycles. The number of amidine groups is 1. The minimum atomic E-state index is -0.514. The van der Waals surface area contributed by atoms with Crippen molar-refractivity contribution in [2.75, 3.05) is 0 Å². The van der Waals surface area contributed by atoms with Crippen molar-refractivity contribution in [2.45, 2.75) is 25.8 Å². The van der Waals surface area contributed by atoms with Crippen LogP contribution in [0, 0.1) is 0 Å². The molecule has 110 valence electrons. The molecule has 0 saturated heterocycles. The summed E-state index contributed by atoms with van der Waals surface area (Å²) in [5, 5.41) is 14.5. The summed E-state index contributed by atoms with van der Waals surface area (Å²) in [6, 6.07) is 4.68. The molecular weight excluding hydrogens is 270 g/mol. The molecule has 1 amide bonds. The molecule has 0 saturated carbocycles. The number of rotatable bonds is 5. The first-order valence-electron chi connectivity index (χ1n) is 6.65. The third kappa shape index (κ3) is 3.25. The summed E-state index contributed by atoms with van der Waals surface area (Å²) in [7, 11) is 0. The van der Waals surface area contributed by atoms with E-state index in [1.165, 1.54) is 6.20 Å². The largest absolute Gasteiger partial charge is 0.409 e. The first-order chi connectivity index (χ1) is 10.2. The second-order valence-electron chi connectivity index (χ2n) is 4.57. The number of carbonyl (C=O) groups is 1. The first kappa shape index (κ1) is 14.7. The molecular formula is C14H17N5O2. The van der Waals surface area contributed by atoms with E-state index in [-0.39, 0.29) is 11.7 Å². The Balaban J connectivity index is 2.29. The normalized spacial score (nSPS) is 13.1. The lowest BCUT2D eigenvalue weighted by Crippen LogP contribution is -2.44. The number of nitrogens with one attached hydrogen (secondary N) is 1. The van der Waals surface area contributed by atoms with Gasteiger partial charge in [0.15, 0.2) is 5.84 Å². The van der Waals surface area contributed by atoms with Crippen LogP contribution in [0.5, 0.6) is 0 Å². The Kier molecular flexibility index (Phi) is 4.65. The fourth-order valence-electron chi connectivity index (χ4n) is 2.06. The quantitative estimate of drug-likeness (QED) is 0.332. The smallest absolute Gasteiger partial charge is 0.254 e. The number of para-hydroxylation sites is 1. The third-order valence-corrected chi connectivity index (χ3v) is 3.10. The van der Waals surface area contributed by atoms with Crippen LogP contribution in [0.15, 0.2) is 35.7 Å². The van der Waals surface area contributed by atoms with Crippen LogP contribution in [0.2, 0.25) is 0 Å². The number of benzene rings is 1. The molecule has 1 aromatic carbocycles. The van der Waals surface area contributed by atoms with E-state index in [4.69, 9.17) is 10.9 Å². The zero-order valence-electron chi connectivity index (χ0n) is 11.7. The van der Waals surface area contributed by atoms with E-state index in [1.54, 1.807) is 24.4 Å². The van der Waals surface area contributed by atoms with Crippen molar-refractivity contribution in [1.29, 1.82) is 0 Å². The predicted molar refractivity (Wildman–Crippen MR) is 79.1 cm³/mol. The number of carbonyl (C=O) groups excluding carboxylic acids is 1. The number of nitrogens with zero attached hydrogens (tertiary/aromatic N) is 3. The van der Waals surface area contributed by atoms with E-state index in [0.29, 0.717) is 23.0 Å². The lowest BCUT2D eigenvalue weighted by molar-refractivity contribution is 0.0946. The molecule has 7 heteroatoms. The van der Waals surface area contributed by atoms with Crippen molar-refractivity contribution in [3.8, 4) is 0 Å². The average Bonchev–Trinajstić information content (AvgIpc) is 2.53. The highest BCUT2D eigenvalue weighted by molar-refractivity contribution is 6.06.